The Balaban J connectivity index is 1.72. The van der Waals surface area contributed by atoms with Gasteiger partial charge in [-0.2, -0.15) is 0 Å². The second kappa shape index (κ2) is 5.56. The van der Waals surface area contributed by atoms with Crippen molar-refractivity contribution in [2.24, 2.45) is 0 Å². The minimum Gasteiger partial charge on any atom is -0.457 e. The number of rotatable bonds is 3. The van der Waals surface area contributed by atoms with Crippen LogP contribution in [0.2, 0.25) is 0 Å². The third-order valence-corrected chi connectivity index (χ3v) is 4.79. The first-order chi connectivity index (χ1) is 10.0. The Labute approximate surface area is 124 Å². The Morgan fingerprint density at radius 2 is 2.29 bits per heavy atom. The molecule has 0 amide bonds. The highest BCUT2D eigenvalue weighted by Crippen LogP contribution is 2.50. The number of aliphatic hydroxyl groups is 1. The number of carbonyl (C=O) groups is 1. The second-order valence-corrected chi connectivity index (χ2v) is 6.27. The summed E-state index contributed by atoms with van der Waals surface area (Å²) in [4.78, 5) is 14.6. The van der Waals surface area contributed by atoms with E-state index in [1.165, 1.54) is 6.92 Å². The molecule has 0 aromatic heterocycles. The Morgan fingerprint density at radius 3 is 3.00 bits per heavy atom. The quantitative estimate of drug-likeness (QED) is 0.623. The van der Waals surface area contributed by atoms with E-state index in [1.807, 2.05) is 0 Å². The third kappa shape index (κ3) is 2.66. The molecule has 6 nitrogen and oxygen atoms in total. The average Bonchev–Trinajstić information content (AvgIpc) is 2.74. The molecule has 21 heavy (non-hydrogen) atoms. The minimum absolute atomic E-state index is 0.0399. The van der Waals surface area contributed by atoms with Gasteiger partial charge in [0.05, 0.1) is 23.9 Å². The van der Waals surface area contributed by atoms with Gasteiger partial charge in [-0.15, -0.1) is 0 Å². The third-order valence-electron chi connectivity index (χ3n) is 4.79. The zero-order valence-corrected chi connectivity index (χ0v) is 12.2. The van der Waals surface area contributed by atoms with Crippen LogP contribution in [0.4, 0.5) is 0 Å². The Bertz CT molecular complexity index is 461. The van der Waals surface area contributed by atoms with Crippen molar-refractivity contribution in [1.29, 1.82) is 0 Å². The van der Waals surface area contributed by atoms with Crippen LogP contribution >= 0.6 is 0 Å². The molecule has 2 bridgehead atoms. The molecule has 0 aromatic carbocycles. The highest BCUT2D eigenvalue weighted by Gasteiger charge is 2.61. The van der Waals surface area contributed by atoms with Crippen LogP contribution < -0.4 is 0 Å². The molecule has 2 heterocycles. The van der Waals surface area contributed by atoms with E-state index in [1.54, 1.807) is 0 Å². The fourth-order valence-corrected chi connectivity index (χ4v) is 3.97. The first-order valence-electron chi connectivity index (χ1n) is 7.56. The first-order valence-corrected chi connectivity index (χ1v) is 7.56. The molecule has 2 aliphatic heterocycles. The highest BCUT2D eigenvalue weighted by molar-refractivity contribution is 5.66. The molecular weight excluding hydrogens is 274 g/mol. The Morgan fingerprint density at radius 1 is 1.48 bits per heavy atom. The normalized spacial score (nSPS) is 44.7. The Hall–Kier alpha value is -1.16. The van der Waals surface area contributed by atoms with E-state index in [-0.39, 0.29) is 18.3 Å². The molecule has 1 N–H and O–H groups in total. The van der Waals surface area contributed by atoms with Crippen LogP contribution in [0.3, 0.4) is 0 Å². The van der Waals surface area contributed by atoms with Crippen LogP contribution in [0.5, 0.6) is 0 Å². The van der Waals surface area contributed by atoms with Crippen molar-refractivity contribution in [2.45, 2.75) is 75.1 Å². The average molecular weight is 295 g/mol. The van der Waals surface area contributed by atoms with Crippen LogP contribution in [-0.4, -0.2) is 53.7 Å². The van der Waals surface area contributed by atoms with Gasteiger partial charge in [-0.05, 0) is 12.8 Å². The maximum atomic E-state index is 11.2. The first kappa shape index (κ1) is 14.8. The van der Waals surface area contributed by atoms with E-state index >= 15 is 0 Å². The zero-order valence-electron chi connectivity index (χ0n) is 12.2. The second-order valence-electron chi connectivity index (χ2n) is 6.27. The van der Waals surface area contributed by atoms with Gasteiger partial charge in [0.15, 0.2) is 6.10 Å². The van der Waals surface area contributed by atoms with Crippen molar-refractivity contribution >= 4 is 5.97 Å². The van der Waals surface area contributed by atoms with E-state index in [0.717, 1.165) is 19.3 Å². The van der Waals surface area contributed by atoms with E-state index in [4.69, 9.17) is 20.8 Å². The number of nitrogens with zero attached hydrogens (tertiary/aromatic N) is 1. The molecule has 3 fully saturated rings. The van der Waals surface area contributed by atoms with E-state index in [2.05, 4.69) is 4.85 Å². The zero-order chi connectivity index (χ0) is 15.0. The maximum Gasteiger partial charge on any atom is 0.303 e. The number of ether oxygens (including phenoxy) is 3. The van der Waals surface area contributed by atoms with Crippen molar-refractivity contribution in [3.8, 4) is 0 Å². The summed E-state index contributed by atoms with van der Waals surface area (Å²) in [7, 11) is 0. The van der Waals surface area contributed by atoms with Gasteiger partial charge in [0.25, 0.3) is 0 Å². The fraction of sp³-hybridized carbons (Fsp3) is 0.867. The molecule has 1 spiro atoms. The fourth-order valence-electron chi connectivity index (χ4n) is 3.97. The lowest BCUT2D eigenvalue weighted by atomic mass is 9.76. The Kier molecular flexibility index (Phi) is 3.91. The molecule has 1 saturated carbocycles. The van der Waals surface area contributed by atoms with Crippen LogP contribution in [-0.2, 0) is 19.0 Å². The van der Waals surface area contributed by atoms with Crippen molar-refractivity contribution < 1.29 is 24.1 Å². The maximum absolute atomic E-state index is 11.2. The van der Waals surface area contributed by atoms with Gasteiger partial charge in [-0.25, -0.2) is 6.57 Å². The van der Waals surface area contributed by atoms with Gasteiger partial charge in [-0.1, -0.05) is 0 Å². The summed E-state index contributed by atoms with van der Waals surface area (Å²) in [5, 5.41) is 10.3. The lowest BCUT2D eigenvalue weighted by Gasteiger charge is -2.44. The number of fused-ring (bicyclic) bond motifs is 1. The van der Waals surface area contributed by atoms with Crippen molar-refractivity contribution in [3.63, 3.8) is 0 Å². The van der Waals surface area contributed by atoms with Crippen molar-refractivity contribution in [2.75, 3.05) is 6.54 Å². The monoisotopic (exact) mass is 295 g/mol. The molecule has 3 rings (SSSR count). The molecule has 3 aliphatic rings. The molecule has 2 saturated heterocycles. The molecule has 0 unspecified atom stereocenters. The molecule has 6 heteroatoms. The summed E-state index contributed by atoms with van der Waals surface area (Å²) >= 11 is 0. The number of carbonyl (C=O) groups excluding carboxylic acids is 1. The predicted molar refractivity (Wildman–Crippen MR) is 72.4 cm³/mol. The van der Waals surface area contributed by atoms with E-state index < -0.39 is 23.8 Å². The summed E-state index contributed by atoms with van der Waals surface area (Å²) in [6.07, 6.45) is 1.95. The standard InChI is InChI=1S/C15H21NO5/c1-9(17)19-14-11(18)7-15-8-12(14)20-13(15)4-3-10(21-15)5-6-16-2/h10-14,18H,3-8H2,1H3/t10-,11-,12-,13+,14-,15+/m1/s1. The van der Waals surface area contributed by atoms with Crippen LogP contribution in [0.15, 0.2) is 0 Å². The minimum atomic E-state index is -0.753. The molecular formula is C15H21NO5. The van der Waals surface area contributed by atoms with Gasteiger partial charge in [-0.3, -0.25) is 4.79 Å². The number of hydrogen-bond acceptors (Lipinski definition) is 5. The summed E-state index contributed by atoms with van der Waals surface area (Å²) in [6, 6.07) is 0. The van der Waals surface area contributed by atoms with Crippen LogP contribution in [0, 0.1) is 6.57 Å². The van der Waals surface area contributed by atoms with Gasteiger partial charge in [0, 0.05) is 26.2 Å². The van der Waals surface area contributed by atoms with Gasteiger partial charge in [0.2, 0.25) is 6.54 Å². The van der Waals surface area contributed by atoms with Gasteiger partial charge < -0.3 is 24.2 Å². The van der Waals surface area contributed by atoms with Crippen LogP contribution in [0.25, 0.3) is 4.85 Å². The van der Waals surface area contributed by atoms with E-state index in [9.17, 15) is 9.90 Å². The largest absolute Gasteiger partial charge is 0.457 e. The number of hydrogen-bond donors (Lipinski definition) is 1. The van der Waals surface area contributed by atoms with Gasteiger partial charge in [0.1, 0.15) is 6.10 Å². The van der Waals surface area contributed by atoms with Crippen molar-refractivity contribution in [1.82, 2.24) is 0 Å². The molecule has 116 valence electrons. The smallest absolute Gasteiger partial charge is 0.303 e. The lowest BCUT2D eigenvalue weighted by Crippen LogP contribution is -2.55. The SMILES string of the molecule is [C-]#[N+]CC[C@H]1CC[C@@H]2O[C@@H]3C[C@]2(C[C@@H](O)[C@H]3OC(C)=O)O1. The lowest BCUT2D eigenvalue weighted by molar-refractivity contribution is -0.183. The molecule has 1 aliphatic carbocycles. The van der Waals surface area contributed by atoms with Crippen LogP contribution in [0.1, 0.15) is 39.0 Å². The summed E-state index contributed by atoms with van der Waals surface area (Å²) in [6.45, 7) is 8.69. The van der Waals surface area contributed by atoms with Crippen molar-refractivity contribution in [3.05, 3.63) is 11.4 Å². The highest BCUT2D eigenvalue weighted by atomic mass is 16.6. The number of aliphatic hydroxyl groups excluding tert-OH is 1. The molecule has 0 radical (unpaired) electrons. The van der Waals surface area contributed by atoms with E-state index in [0.29, 0.717) is 19.4 Å². The molecule has 6 atom stereocenters. The van der Waals surface area contributed by atoms with Gasteiger partial charge >= 0.3 is 5.97 Å². The number of esters is 1. The summed E-state index contributed by atoms with van der Waals surface area (Å²) in [5.74, 6) is -0.399. The summed E-state index contributed by atoms with van der Waals surface area (Å²) < 4.78 is 17.4. The molecule has 0 aromatic rings. The predicted octanol–water partition coefficient (Wildman–Crippen LogP) is 1.07. The topological polar surface area (TPSA) is 69.3 Å². The summed E-state index contributed by atoms with van der Waals surface area (Å²) in [5.41, 5.74) is -0.467.